The van der Waals surface area contributed by atoms with E-state index >= 15 is 0 Å². The van der Waals surface area contributed by atoms with Crippen molar-refractivity contribution in [2.24, 2.45) is 0 Å². The molecule has 0 radical (unpaired) electrons. The smallest absolute Gasteiger partial charge is 0.326 e. The number of carbonyl (C=O) groups is 2. The number of rotatable bonds is 9. The lowest BCUT2D eigenvalue weighted by atomic mass is 10.2. The summed E-state index contributed by atoms with van der Waals surface area (Å²) in [5.74, 6) is -2.94. The van der Waals surface area contributed by atoms with E-state index in [1.54, 1.807) is 0 Å². The highest BCUT2D eigenvalue weighted by atomic mass is 32.2. The van der Waals surface area contributed by atoms with Gasteiger partial charge in [0, 0.05) is 11.8 Å². The number of aliphatic carboxylic acids is 2. The summed E-state index contributed by atoms with van der Waals surface area (Å²) in [6.07, 6.45) is 0. The van der Waals surface area contributed by atoms with Crippen molar-refractivity contribution in [3.8, 4) is 0 Å². The number of nitrogens with zero attached hydrogens (tertiary/aromatic N) is 2. The van der Waals surface area contributed by atoms with Crippen LogP contribution in [-0.4, -0.2) is 49.5 Å². The van der Waals surface area contributed by atoms with Crippen molar-refractivity contribution in [1.29, 1.82) is 0 Å². The van der Waals surface area contributed by atoms with Gasteiger partial charge in [0.25, 0.3) is 11.4 Å². The first kappa shape index (κ1) is 18.2. The molecule has 0 bridgehead atoms. The summed E-state index contributed by atoms with van der Waals surface area (Å²) in [7, 11) is 0. The molecule has 0 unspecified atom stereocenters. The van der Waals surface area contributed by atoms with Crippen LogP contribution in [0.2, 0.25) is 0 Å². The summed E-state index contributed by atoms with van der Waals surface area (Å²) >= 11 is 0.818. The van der Waals surface area contributed by atoms with Gasteiger partial charge in [-0.05, 0) is 6.07 Å². The van der Waals surface area contributed by atoms with Crippen LogP contribution in [-0.2, 0) is 9.59 Å². The second kappa shape index (κ2) is 7.93. The van der Waals surface area contributed by atoms with Crippen molar-refractivity contribution in [2.45, 2.75) is 6.04 Å². The molecule has 11 nitrogen and oxygen atoms in total. The Labute approximate surface area is 132 Å². The fourth-order valence-electron chi connectivity index (χ4n) is 1.53. The Bertz CT molecular complexity index is 650. The van der Waals surface area contributed by atoms with Crippen LogP contribution in [0.1, 0.15) is 0 Å². The Hall–Kier alpha value is -2.89. The monoisotopic (exact) mass is 345 g/mol. The molecule has 1 atom stereocenters. The second-order valence-corrected chi connectivity index (χ2v) is 5.19. The zero-order chi connectivity index (χ0) is 17.6. The standard InChI is InChI=1S/C11H11N3O8S/c15-10(16)5-23-4-8(11(17)18)12-7-2-1-6(13(19)20)3-9(7)14(21)22/h1-3,8,12H,4-5H2,(H,15,16)(H,17,18)/t8-/m0/s1. The van der Waals surface area contributed by atoms with Crippen LogP contribution >= 0.6 is 11.8 Å². The van der Waals surface area contributed by atoms with Crippen LogP contribution in [0.25, 0.3) is 0 Å². The van der Waals surface area contributed by atoms with Gasteiger partial charge in [0.1, 0.15) is 11.7 Å². The van der Waals surface area contributed by atoms with Crippen molar-refractivity contribution < 1.29 is 29.6 Å². The Morgan fingerprint density at radius 3 is 2.35 bits per heavy atom. The lowest BCUT2D eigenvalue weighted by Crippen LogP contribution is -2.32. The van der Waals surface area contributed by atoms with E-state index in [0.29, 0.717) is 6.07 Å². The molecule has 1 rings (SSSR count). The van der Waals surface area contributed by atoms with Gasteiger partial charge >= 0.3 is 11.9 Å². The van der Waals surface area contributed by atoms with Gasteiger partial charge in [-0.1, -0.05) is 0 Å². The number of anilines is 1. The molecule has 0 aliphatic carbocycles. The van der Waals surface area contributed by atoms with Crippen LogP contribution in [0.15, 0.2) is 18.2 Å². The third-order valence-corrected chi connectivity index (χ3v) is 3.55. The number of benzene rings is 1. The van der Waals surface area contributed by atoms with E-state index in [1.807, 2.05) is 0 Å². The van der Waals surface area contributed by atoms with Crippen LogP contribution < -0.4 is 5.32 Å². The predicted octanol–water partition coefficient (Wildman–Crippen LogP) is 1.19. The van der Waals surface area contributed by atoms with Gasteiger partial charge in [-0.3, -0.25) is 25.0 Å². The molecule has 124 valence electrons. The summed E-state index contributed by atoms with van der Waals surface area (Å²) in [5.41, 5.74) is -1.35. The number of thioether (sulfide) groups is 1. The van der Waals surface area contributed by atoms with Gasteiger partial charge < -0.3 is 15.5 Å². The fraction of sp³-hybridized carbons (Fsp3) is 0.273. The molecular weight excluding hydrogens is 334 g/mol. The molecule has 1 aromatic carbocycles. The van der Waals surface area contributed by atoms with Crippen LogP contribution in [0.4, 0.5) is 17.1 Å². The van der Waals surface area contributed by atoms with E-state index in [-0.39, 0.29) is 17.2 Å². The number of hydrogen-bond donors (Lipinski definition) is 3. The first-order valence-corrected chi connectivity index (χ1v) is 7.09. The van der Waals surface area contributed by atoms with Crippen molar-refractivity contribution in [2.75, 3.05) is 16.8 Å². The van der Waals surface area contributed by atoms with E-state index < -0.39 is 39.2 Å². The Kier molecular flexibility index (Phi) is 6.26. The molecule has 0 aliphatic heterocycles. The number of nitro groups is 2. The molecule has 23 heavy (non-hydrogen) atoms. The number of carboxylic acid groups (broad SMARTS) is 2. The SMILES string of the molecule is O=C(O)CSC[C@H](Nc1ccc([N+](=O)[O-])cc1[N+](=O)[O-])C(=O)O. The van der Waals surface area contributed by atoms with Gasteiger partial charge in [0.05, 0.1) is 21.7 Å². The Balaban J connectivity index is 2.98. The van der Waals surface area contributed by atoms with Crippen LogP contribution in [0, 0.1) is 20.2 Å². The molecule has 0 aliphatic rings. The van der Waals surface area contributed by atoms with Gasteiger partial charge in [-0.2, -0.15) is 0 Å². The third-order valence-electron chi connectivity index (χ3n) is 2.53. The number of carboxylic acids is 2. The molecule has 0 heterocycles. The second-order valence-electron chi connectivity index (χ2n) is 4.16. The predicted molar refractivity (Wildman–Crippen MR) is 79.8 cm³/mol. The molecule has 1 aromatic rings. The molecular formula is C11H11N3O8S. The third kappa shape index (κ3) is 5.43. The van der Waals surface area contributed by atoms with Gasteiger partial charge in [0.2, 0.25) is 0 Å². The van der Waals surface area contributed by atoms with Gasteiger partial charge in [0.15, 0.2) is 0 Å². The molecule has 0 aromatic heterocycles. The first-order chi connectivity index (χ1) is 10.7. The maximum absolute atomic E-state index is 11.1. The van der Waals surface area contributed by atoms with Gasteiger partial charge in [-0.25, -0.2) is 4.79 Å². The minimum absolute atomic E-state index is 0.157. The van der Waals surface area contributed by atoms with E-state index in [2.05, 4.69) is 5.32 Å². The normalized spacial score (nSPS) is 11.5. The summed E-state index contributed by atoms with van der Waals surface area (Å²) < 4.78 is 0. The number of nitro benzene ring substituents is 2. The van der Waals surface area contributed by atoms with E-state index in [9.17, 15) is 29.8 Å². The Morgan fingerprint density at radius 2 is 1.87 bits per heavy atom. The maximum atomic E-state index is 11.1. The lowest BCUT2D eigenvalue weighted by Gasteiger charge is -2.15. The summed E-state index contributed by atoms with van der Waals surface area (Å²) in [5, 5.41) is 41.6. The number of hydrogen-bond acceptors (Lipinski definition) is 8. The van der Waals surface area contributed by atoms with E-state index in [0.717, 1.165) is 23.9 Å². The summed E-state index contributed by atoms with van der Waals surface area (Å²) in [6.45, 7) is 0. The molecule has 0 saturated carbocycles. The van der Waals surface area contributed by atoms with Gasteiger partial charge in [-0.15, -0.1) is 11.8 Å². The number of nitrogens with one attached hydrogen (secondary N) is 1. The average molecular weight is 345 g/mol. The highest BCUT2D eigenvalue weighted by Crippen LogP contribution is 2.29. The maximum Gasteiger partial charge on any atom is 0.326 e. The minimum Gasteiger partial charge on any atom is -0.481 e. The lowest BCUT2D eigenvalue weighted by molar-refractivity contribution is -0.393. The summed E-state index contributed by atoms with van der Waals surface area (Å²) in [4.78, 5) is 41.5. The van der Waals surface area contributed by atoms with Crippen molar-refractivity contribution >= 4 is 40.8 Å². The van der Waals surface area contributed by atoms with Crippen molar-refractivity contribution in [3.63, 3.8) is 0 Å². The summed E-state index contributed by atoms with van der Waals surface area (Å²) in [6, 6.07) is 1.46. The molecule has 12 heteroatoms. The number of non-ortho nitro benzene ring substituents is 1. The van der Waals surface area contributed by atoms with Crippen LogP contribution in [0.5, 0.6) is 0 Å². The van der Waals surface area contributed by atoms with E-state index in [4.69, 9.17) is 10.2 Å². The van der Waals surface area contributed by atoms with Crippen LogP contribution in [0.3, 0.4) is 0 Å². The fourth-order valence-corrected chi connectivity index (χ4v) is 2.29. The molecule has 0 fully saturated rings. The Morgan fingerprint density at radius 1 is 1.22 bits per heavy atom. The zero-order valence-corrected chi connectivity index (χ0v) is 12.2. The molecule has 3 N–H and O–H groups in total. The molecule has 0 saturated heterocycles. The van der Waals surface area contributed by atoms with E-state index in [1.165, 1.54) is 0 Å². The first-order valence-electron chi connectivity index (χ1n) is 5.94. The molecule has 0 amide bonds. The molecule has 0 spiro atoms. The largest absolute Gasteiger partial charge is 0.481 e. The highest BCUT2D eigenvalue weighted by Gasteiger charge is 2.24. The topological polar surface area (TPSA) is 173 Å². The van der Waals surface area contributed by atoms with Crippen molar-refractivity contribution in [3.05, 3.63) is 38.4 Å². The minimum atomic E-state index is -1.34. The zero-order valence-electron chi connectivity index (χ0n) is 11.4. The average Bonchev–Trinajstić information content (AvgIpc) is 2.45. The highest BCUT2D eigenvalue weighted by molar-refractivity contribution is 8.00. The quantitative estimate of drug-likeness (QED) is 0.435. The van der Waals surface area contributed by atoms with Crippen molar-refractivity contribution in [1.82, 2.24) is 0 Å².